The summed E-state index contributed by atoms with van der Waals surface area (Å²) in [4.78, 5) is 60.9. The van der Waals surface area contributed by atoms with E-state index >= 15 is 0 Å². The van der Waals surface area contributed by atoms with Crippen molar-refractivity contribution in [3.05, 3.63) is 105 Å². The predicted molar refractivity (Wildman–Crippen MR) is 198 cm³/mol. The highest BCUT2D eigenvalue weighted by molar-refractivity contribution is 6.31. The Kier molecular flexibility index (Phi) is 10.2. The lowest BCUT2D eigenvalue weighted by molar-refractivity contribution is -0.139. The van der Waals surface area contributed by atoms with Gasteiger partial charge < -0.3 is 29.6 Å². The Hall–Kier alpha value is -4.91. The van der Waals surface area contributed by atoms with Crippen molar-refractivity contribution >= 4 is 51.3 Å². The molecule has 5 aromatic rings. The van der Waals surface area contributed by atoms with Gasteiger partial charge in [-0.05, 0) is 79.6 Å². The molecule has 4 unspecified atom stereocenters. The van der Waals surface area contributed by atoms with E-state index < -0.39 is 23.9 Å². The molecular weight excluding hydrogens is 684 g/mol. The second kappa shape index (κ2) is 15.0. The third kappa shape index (κ3) is 7.23. The van der Waals surface area contributed by atoms with Crippen LogP contribution in [0.5, 0.6) is 0 Å². The number of likely N-dealkylation sites (tertiary alicyclic amines) is 2. The number of benzene rings is 3. The number of carbonyl (C=O) groups is 3. The van der Waals surface area contributed by atoms with Crippen LogP contribution in [0.2, 0.25) is 5.02 Å². The van der Waals surface area contributed by atoms with E-state index in [1.165, 1.54) is 10.1 Å². The fraction of sp³-hybridized carbons (Fsp3) is 0.385. The lowest BCUT2D eigenvalue weighted by Gasteiger charge is -2.40. The number of hydrogen-bond donors (Lipinski definition) is 4. The van der Waals surface area contributed by atoms with Gasteiger partial charge in [0.1, 0.15) is 6.23 Å². The Bertz CT molecular complexity index is 2160. The number of oxazole rings is 1. The lowest BCUT2D eigenvalue weighted by Crippen LogP contribution is -2.57. The summed E-state index contributed by atoms with van der Waals surface area (Å²) in [7, 11) is 3.26. The summed E-state index contributed by atoms with van der Waals surface area (Å²) in [6.45, 7) is 1.28. The number of carbonyl (C=O) groups excluding carboxylic acids is 3. The topological polar surface area (TPSA) is 153 Å². The van der Waals surface area contributed by atoms with E-state index in [-0.39, 0.29) is 42.5 Å². The minimum absolute atomic E-state index is 0.115. The first-order chi connectivity index (χ1) is 25.1. The van der Waals surface area contributed by atoms with E-state index in [0.717, 1.165) is 29.3 Å². The molecule has 0 aliphatic carbocycles. The molecule has 2 fully saturated rings. The minimum atomic E-state index is -0.971. The third-order valence-electron chi connectivity index (χ3n) is 10.8. The van der Waals surface area contributed by atoms with Crippen molar-refractivity contribution in [2.45, 2.75) is 38.0 Å². The van der Waals surface area contributed by atoms with E-state index in [0.29, 0.717) is 47.7 Å². The van der Waals surface area contributed by atoms with Crippen LogP contribution in [-0.2, 0) is 29.5 Å². The zero-order valence-electron chi connectivity index (χ0n) is 29.2. The number of aromatic amines is 1. The molecule has 2 aliphatic heterocycles. The lowest BCUT2D eigenvalue weighted by atomic mass is 9.79. The van der Waals surface area contributed by atoms with Gasteiger partial charge in [0, 0.05) is 60.9 Å². The molecule has 3 amide bonds. The number of hydrogen-bond acceptors (Lipinski definition) is 7. The Morgan fingerprint density at radius 2 is 1.81 bits per heavy atom. The van der Waals surface area contributed by atoms with Crippen LogP contribution in [-0.4, -0.2) is 87.7 Å². The van der Waals surface area contributed by atoms with Crippen molar-refractivity contribution in [3.63, 3.8) is 0 Å². The number of nitrogens with one attached hydrogen (secondary N) is 3. The molecule has 4 heterocycles. The molecule has 5 atom stereocenters. The fourth-order valence-electron chi connectivity index (χ4n) is 7.92. The third-order valence-corrected chi connectivity index (χ3v) is 11.0. The van der Waals surface area contributed by atoms with Crippen molar-refractivity contribution in [1.29, 1.82) is 0 Å². The molecule has 2 aliphatic rings. The average Bonchev–Trinajstić information content (AvgIpc) is 3.84. The standard InChI is InChI=1S/C39H43ClN6O6/c1-41-37(49)31(10-6-9-23-7-4-3-5-8-23)43-36(48)30-22-45(35(47)16-25-18-42-32-17-27(40)12-13-28(25)32)19-26-20-46(21-29(26)30)38(50)24-11-14-33-34(15-24)52-39(51)44(33)2/h3-5,7-8,11-15,17-18,26,29-31,37,41-42,49H,6,9-10,16,19-22H2,1-2H3,(H,43,48)/t26?,29?,30?,31-,37?/m0/s1. The number of halogens is 1. The zero-order chi connectivity index (χ0) is 36.5. The summed E-state index contributed by atoms with van der Waals surface area (Å²) in [6.07, 6.45) is 3.07. The highest BCUT2D eigenvalue weighted by Gasteiger charge is 2.48. The minimum Gasteiger partial charge on any atom is -0.408 e. The van der Waals surface area contributed by atoms with E-state index in [1.54, 1.807) is 48.2 Å². The molecular formula is C39H43ClN6O6. The number of aliphatic hydroxyl groups excluding tert-OH is 1. The van der Waals surface area contributed by atoms with Crippen LogP contribution < -0.4 is 16.4 Å². The normalized spacial score (nSPS) is 19.9. The summed E-state index contributed by atoms with van der Waals surface area (Å²) < 4.78 is 6.72. The number of rotatable bonds is 11. The molecule has 52 heavy (non-hydrogen) atoms. The monoisotopic (exact) mass is 726 g/mol. The van der Waals surface area contributed by atoms with Gasteiger partial charge in [-0.25, -0.2) is 4.79 Å². The molecule has 13 heteroatoms. The first-order valence-corrected chi connectivity index (χ1v) is 18.1. The van der Waals surface area contributed by atoms with Crippen LogP contribution in [0.25, 0.3) is 22.0 Å². The van der Waals surface area contributed by atoms with Crippen molar-refractivity contribution in [2.75, 3.05) is 33.2 Å². The van der Waals surface area contributed by atoms with Crippen molar-refractivity contribution in [2.24, 2.45) is 24.8 Å². The highest BCUT2D eigenvalue weighted by Crippen LogP contribution is 2.37. The molecule has 0 spiro atoms. The highest BCUT2D eigenvalue weighted by atomic mass is 35.5. The Labute approximate surface area is 305 Å². The smallest absolute Gasteiger partial charge is 0.408 e. The maximum absolute atomic E-state index is 14.3. The number of piperidine rings is 1. The quantitative estimate of drug-likeness (QED) is 0.152. The summed E-state index contributed by atoms with van der Waals surface area (Å²) >= 11 is 6.18. The van der Waals surface area contributed by atoms with E-state index in [2.05, 4.69) is 27.8 Å². The van der Waals surface area contributed by atoms with Gasteiger partial charge >= 0.3 is 5.76 Å². The molecule has 2 saturated heterocycles. The number of fused-ring (bicyclic) bond motifs is 3. The molecule has 0 saturated carbocycles. The predicted octanol–water partition coefficient (Wildman–Crippen LogP) is 3.70. The number of likely N-dealkylation sites (N-methyl/N-ethyl adjacent to an activating group) is 1. The second-order valence-corrected chi connectivity index (χ2v) is 14.5. The number of aliphatic hydroxyl groups is 1. The Morgan fingerprint density at radius 1 is 1.02 bits per heavy atom. The molecule has 12 nitrogen and oxygen atoms in total. The number of nitrogens with zero attached hydrogens (tertiary/aromatic N) is 3. The summed E-state index contributed by atoms with van der Waals surface area (Å²) in [5.74, 6) is -2.09. The van der Waals surface area contributed by atoms with Gasteiger partial charge in [-0.15, -0.1) is 0 Å². The van der Waals surface area contributed by atoms with Gasteiger partial charge in [-0.2, -0.15) is 0 Å². The van der Waals surface area contributed by atoms with Crippen LogP contribution >= 0.6 is 11.6 Å². The maximum Gasteiger partial charge on any atom is 0.419 e. The van der Waals surface area contributed by atoms with Crippen LogP contribution in [0.1, 0.15) is 34.3 Å². The van der Waals surface area contributed by atoms with Gasteiger partial charge in [0.05, 0.1) is 23.9 Å². The fourth-order valence-corrected chi connectivity index (χ4v) is 8.09. The van der Waals surface area contributed by atoms with Gasteiger partial charge in [0.25, 0.3) is 5.91 Å². The number of amides is 3. The first-order valence-electron chi connectivity index (χ1n) is 17.7. The molecule has 7 rings (SSSR count). The number of aryl methyl sites for hydroxylation is 2. The number of H-pyrrole nitrogens is 1. The number of aromatic nitrogens is 2. The van der Waals surface area contributed by atoms with E-state index in [4.69, 9.17) is 16.0 Å². The Balaban J connectivity index is 1.11. The van der Waals surface area contributed by atoms with Gasteiger partial charge in [-0.3, -0.25) is 24.3 Å². The second-order valence-electron chi connectivity index (χ2n) is 14.1. The van der Waals surface area contributed by atoms with Crippen LogP contribution in [0, 0.1) is 17.8 Å². The van der Waals surface area contributed by atoms with Gasteiger partial charge in [-0.1, -0.05) is 48.0 Å². The summed E-state index contributed by atoms with van der Waals surface area (Å²) in [5.41, 5.74) is 4.14. The van der Waals surface area contributed by atoms with Gasteiger partial charge in [0.2, 0.25) is 11.8 Å². The van der Waals surface area contributed by atoms with Crippen molar-refractivity contribution in [3.8, 4) is 0 Å². The first kappa shape index (κ1) is 35.5. The van der Waals surface area contributed by atoms with Gasteiger partial charge in [0.15, 0.2) is 5.58 Å². The summed E-state index contributed by atoms with van der Waals surface area (Å²) in [6, 6.07) is 20.0. The van der Waals surface area contributed by atoms with Crippen LogP contribution in [0.15, 0.2) is 82.1 Å². The van der Waals surface area contributed by atoms with Crippen molar-refractivity contribution in [1.82, 2.24) is 30.0 Å². The van der Waals surface area contributed by atoms with E-state index in [9.17, 15) is 24.3 Å². The maximum atomic E-state index is 14.3. The molecule has 2 aromatic heterocycles. The van der Waals surface area contributed by atoms with Crippen LogP contribution in [0.3, 0.4) is 0 Å². The summed E-state index contributed by atoms with van der Waals surface area (Å²) in [5, 5.41) is 18.4. The molecule has 272 valence electrons. The molecule has 3 aromatic carbocycles. The zero-order valence-corrected chi connectivity index (χ0v) is 29.9. The largest absolute Gasteiger partial charge is 0.419 e. The van der Waals surface area contributed by atoms with Crippen molar-refractivity contribution < 1.29 is 23.9 Å². The van der Waals surface area contributed by atoms with Crippen LogP contribution in [0.4, 0.5) is 0 Å². The Morgan fingerprint density at radius 3 is 2.60 bits per heavy atom. The van der Waals surface area contributed by atoms with E-state index in [1.807, 2.05) is 36.5 Å². The SMILES string of the molecule is CNC(O)[C@H](CCCc1ccccc1)NC(=O)C1CN(C(=O)Cc2c[nH]c3cc(Cl)ccc23)CC2CN(C(=O)c3ccc4c(c3)oc(=O)n4C)CC21. The average molecular weight is 727 g/mol. The molecule has 4 N–H and O–H groups in total. The molecule has 0 bridgehead atoms. The molecule has 0 radical (unpaired) electrons.